The van der Waals surface area contributed by atoms with Gasteiger partial charge in [-0.15, -0.1) is 0 Å². The molecule has 0 heterocycles. The van der Waals surface area contributed by atoms with Crippen LogP contribution in [-0.2, 0) is 4.79 Å². The van der Waals surface area contributed by atoms with Crippen LogP contribution in [0.3, 0.4) is 0 Å². The molecule has 0 bridgehead atoms. The van der Waals surface area contributed by atoms with Gasteiger partial charge in [0.1, 0.15) is 5.91 Å². The predicted molar refractivity (Wildman–Crippen MR) is 37.8 cm³/mol. The molecule has 0 unspecified atom stereocenters. The number of amides is 1. The van der Waals surface area contributed by atoms with Gasteiger partial charge in [-0.3, -0.25) is 0 Å². The summed E-state index contributed by atoms with van der Waals surface area (Å²) in [4.78, 5) is 10.8. The molecule has 0 atom stereocenters. The van der Waals surface area contributed by atoms with Crippen LogP contribution in [0, 0.1) is 28.6 Å². The van der Waals surface area contributed by atoms with E-state index in [-0.39, 0.29) is 51.4 Å². The summed E-state index contributed by atoms with van der Waals surface area (Å²) in [5.41, 5.74) is 0. The van der Waals surface area contributed by atoms with E-state index in [1.54, 1.807) is 0 Å². The Labute approximate surface area is 114 Å². The summed E-state index contributed by atoms with van der Waals surface area (Å²) in [7, 11) is 0. The molecule has 5 heteroatoms. The van der Waals surface area contributed by atoms with Crippen molar-refractivity contribution in [2.75, 3.05) is 6.54 Å². The summed E-state index contributed by atoms with van der Waals surface area (Å²) in [6, 6.07) is 3.01. The van der Waals surface area contributed by atoms with E-state index in [0.29, 0.717) is 6.54 Å². The second-order valence-corrected chi connectivity index (χ2v) is 1.85. The maximum Gasteiger partial charge on any atom is 1.00 e. The van der Waals surface area contributed by atoms with Crippen LogP contribution in [0.4, 0.5) is 0 Å². The van der Waals surface area contributed by atoms with Gasteiger partial charge >= 0.3 is 51.4 Å². The summed E-state index contributed by atoms with van der Waals surface area (Å²) in [5.74, 6) is -0.977. The molecule has 0 spiro atoms. The van der Waals surface area contributed by atoms with Crippen LogP contribution < -0.4 is 56.7 Å². The van der Waals surface area contributed by atoms with Crippen LogP contribution in [0.1, 0.15) is 13.3 Å². The fourth-order valence-corrected chi connectivity index (χ4v) is 0.453. The zero-order valence-corrected chi connectivity index (χ0v) is 10.3. The predicted octanol–water partition coefficient (Wildman–Crippen LogP) is -2.86. The zero-order valence-electron chi connectivity index (χ0n) is 7.22. The van der Waals surface area contributed by atoms with Gasteiger partial charge in [-0.2, -0.15) is 0 Å². The van der Waals surface area contributed by atoms with Crippen LogP contribution >= 0.6 is 0 Å². The maximum atomic E-state index is 10.8. The van der Waals surface area contributed by atoms with Gasteiger partial charge in [0, 0.05) is 6.54 Å². The molecule has 0 aromatic rings. The second-order valence-electron chi connectivity index (χ2n) is 1.85. The fraction of sp³-hybridized carbons (Fsp3) is 0.429. The molecule has 4 nitrogen and oxygen atoms in total. The number of rotatable bonds is 3. The van der Waals surface area contributed by atoms with Gasteiger partial charge in [-0.05, 0) is 6.42 Å². The first-order valence-electron chi connectivity index (χ1n) is 3.21. The van der Waals surface area contributed by atoms with Crippen LogP contribution in [-0.4, -0.2) is 12.5 Å². The molecule has 0 saturated heterocycles. The van der Waals surface area contributed by atoms with Crippen molar-refractivity contribution in [2.45, 2.75) is 13.3 Å². The maximum absolute atomic E-state index is 10.8. The van der Waals surface area contributed by atoms with E-state index in [9.17, 15) is 4.79 Å². The average molecular weight is 189 g/mol. The number of nitrogens with one attached hydrogen (secondary N) is 1. The van der Waals surface area contributed by atoms with Gasteiger partial charge in [0.25, 0.3) is 0 Å². The number of carbonyl (C=O) groups excluding carboxylic acids is 1. The van der Waals surface area contributed by atoms with Crippen molar-refractivity contribution in [2.24, 2.45) is 0 Å². The number of carbonyl (C=O) groups is 1. The summed E-state index contributed by atoms with van der Waals surface area (Å²) < 4.78 is 0. The van der Waals surface area contributed by atoms with Gasteiger partial charge in [0.2, 0.25) is 0 Å². The molecular formula is C7H8KN3O. The topological polar surface area (TPSA) is 76.7 Å². The van der Waals surface area contributed by atoms with E-state index < -0.39 is 11.8 Å². The second kappa shape index (κ2) is 9.05. The van der Waals surface area contributed by atoms with E-state index in [0.717, 1.165) is 6.42 Å². The third-order valence-corrected chi connectivity index (χ3v) is 0.986. The third kappa shape index (κ3) is 5.59. The largest absolute Gasteiger partial charge is 1.00 e. The van der Waals surface area contributed by atoms with Gasteiger partial charge < -0.3 is 10.1 Å². The molecule has 0 radical (unpaired) electrons. The number of nitriles is 2. The van der Waals surface area contributed by atoms with Crippen LogP contribution in [0.25, 0.3) is 0 Å². The third-order valence-electron chi connectivity index (χ3n) is 0.986. The van der Waals surface area contributed by atoms with Crippen molar-refractivity contribution in [3.05, 3.63) is 5.92 Å². The molecule has 1 amide bonds. The van der Waals surface area contributed by atoms with Crippen molar-refractivity contribution >= 4 is 5.91 Å². The Morgan fingerprint density at radius 1 is 1.50 bits per heavy atom. The fourth-order valence-electron chi connectivity index (χ4n) is 0.453. The van der Waals surface area contributed by atoms with Crippen molar-refractivity contribution in [1.29, 1.82) is 10.5 Å². The Morgan fingerprint density at radius 3 is 2.33 bits per heavy atom. The van der Waals surface area contributed by atoms with Crippen molar-refractivity contribution in [3.8, 4) is 12.1 Å². The molecular weight excluding hydrogens is 181 g/mol. The Kier molecular flexibility index (Phi) is 10.9. The number of nitrogens with zero attached hydrogens (tertiary/aromatic N) is 2. The van der Waals surface area contributed by atoms with E-state index >= 15 is 0 Å². The molecule has 0 aromatic carbocycles. The van der Waals surface area contributed by atoms with E-state index in [1.165, 1.54) is 12.1 Å². The van der Waals surface area contributed by atoms with Gasteiger partial charge in [-0.1, -0.05) is 25.0 Å². The van der Waals surface area contributed by atoms with Gasteiger partial charge in [0.15, 0.2) is 0 Å². The first kappa shape index (κ1) is 14.5. The first-order chi connectivity index (χ1) is 5.26. The average Bonchev–Trinajstić information content (AvgIpc) is 2.03. The Hall–Kier alpha value is -0.0436. The quantitative estimate of drug-likeness (QED) is 0.383. The molecule has 0 aliphatic rings. The summed E-state index contributed by atoms with van der Waals surface area (Å²) >= 11 is 0. The molecule has 0 aromatic heterocycles. The minimum atomic E-state index is -0.586. The molecule has 0 rings (SSSR count). The summed E-state index contributed by atoms with van der Waals surface area (Å²) in [5, 5.41) is 18.9. The van der Waals surface area contributed by atoms with E-state index in [1.807, 2.05) is 6.92 Å². The molecule has 0 aliphatic carbocycles. The molecule has 0 aliphatic heterocycles. The minimum absolute atomic E-state index is 0. The standard InChI is InChI=1S/C7H8N3O.K/c1-2-3-10-7(11)6(4-8)5-9;/h2-3H2,1H3,(H,10,11);/q-1;+1. The first-order valence-corrected chi connectivity index (χ1v) is 3.21. The van der Waals surface area contributed by atoms with Gasteiger partial charge in [0.05, 0.1) is 0 Å². The van der Waals surface area contributed by atoms with Crippen LogP contribution in [0.5, 0.6) is 0 Å². The molecule has 12 heavy (non-hydrogen) atoms. The van der Waals surface area contributed by atoms with Crippen molar-refractivity contribution in [3.63, 3.8) is 0 Å². The van der Waals surface area contributed by atoms with Crippen LogP contribution in [0.2, 0.25) is 0 Å². The Bertz CT molecular complexity index is 202. The van der Waals surface area contributed by atoms with Gasteiger partial charge in [-0.25, -0.2) is 10.5 Å². The summed E-state index contributed by atoms with van der Waals surface area (Å²) in [6.45, 7) is 2.38. The number of hydrogen-bond donors (Lipinski definition) is 1. The number of hydrogen-bond acceptors (Lipinski definition) is 3. The normalized spacial score (nSPS) is 6.92. The monoisotopic (exact) mass is 189 g/mol. The minimum Gasteiger partial charge on any atom is -0.379 e. The molecule has 0 fully saturated rings. The Morgan fingerprint density at radius 2 is 2.00 bits per heavy atom. The molecule has 1 N–H and O–H groups in total. The van der Waals surface area contributed by atoms with E-state index in [2.05, 4.69) is 5.32 Å². The SMILES string of the molecule is CCCNC(=O)[C-](C#N)C#N.[K+]. The zero-order chi connectivity index (χ0) is 8.69. The molecule has 0 saturated carbocycles. The van der Waals surface area contributed by atoms with Crippen molar-refractivity contribution in [1.82, 2.24) is 5.32 Å². The van der Waals surface area contributed by atoms with Crippen molar-refractivity contribution < 1.29 is 56.2 Å². The Balaban J connectivity index is 0. The molecule has 58 valence electrons. The smallest absolute Gasteiger partial charge is 0.379 e. The summed E-state index contributed by atoms with van der Waals surface area (Å²) in [6.07, 6.45) is 0.788. The van der Waals surface area contributed by atoms with Crippen LogP contribution in [0.15, 0.2) is 0 Å². The van der Waals surface area contributed by atoms with E-state index in [4.69, 9.17) is 10.5 Å².